The molecule has 0 saturated heterocycles. The van der Waals surface area contributed by atoms with E-state index in [9.17, 15) is 8.42 Å². The van der Waals surface area contributed by atoms with E-state index in [1.54, 1.807) is 31.3 Å². The minimum Gasteiger partial charge on any atom is -0.306 e. The third kappa shape index (κ3) is 6.91. The van der Waals surface area contributed by atoms with Gasteiger partial charge in [-0.25, -0.2) is 12.7 Å². The molecule has 0 unspecified atom stereocenters. The van der Waals surface area contributed by atoms with Crippen LogP contribution in [0.2, 0.25) is 5.02 Å². The fourth-order valence-electron chi connectivity index (χ4n) is 3.76. The van der Waals surface area contributed by atoms with Crippen molar-refractivity contribution < 1.29 is 8.42 Å². The molecule has 0 bridgehead atoms. The summed E-state index contributed by atoms with van der Waals surface area (Å²) in [5, 5.41) is 0.665. The van der Waals surface area contributed by atoms with Gasteiger partial charge < -0.3 is 4.90 Å². The van der Waals surface area contributed by atoms with Crippen LogP contribution in [-0.2, 0) is 16.4 Å². The molecule has 32 heavy (non-hydrogen) atoms. The van der Waals surface area contributed by atoms with Crippen LogP contribution in [0.25, 0.3) is 0 Å². The van der Waals surface area contributed by atoms with Gasteiger partial charge in [-0.15, -0.1) is 0 Å². The minimum atomic E-state index is -3.55. The van der Waals surface area contributed by atoms with Gasteiger partial charge >= 0.3 is 0 Å². The highest BCUT2D eigenvalue weighted by Gasteiger charge is 2.24. The van der Waals surface area contributed by atoms with Gasteiger partial charge in [0, 0.05) is 25.2 Å². The second-order valence-corrected chi connectivity index (χ2v) is 10.7. The Morgan fingerprint density at radius 3 is 2.16 bits per heavy atom. The maximum absolute atomic E-state index is 13.1. The normalized spacial score (nSPS) is 12.9. The number of hydrogen-bond donors (Lipinski definition) is 0. The first-order chi connectivity index (χ1) is 15.4. The van der Waals surface area contributed by atoms with Crippen LogP contribution in [-0.4, -0.2) is 51.4 Å². The summed E-state index contributed by atoms with van der Waals surface area (Å²) >= 11 is 6.25. The Labute approximate surface area is 197 Å². The van der Waals surface area contributed by atoms with Crippen molar-refractivity contribution in [2.75, 3.05) is 33.7 Å². The van der Waals surface area contributed by atoms with E-state index in [2.05, 4.69) is 36.2 Å². The Morgan fingerprint density at radius 1 is 0.844 bits per heavy atom. The number of hydrogen-bond acceptors (Lipinski definition) is 3. The Balaban J connectivity index is 1.68. The Kier molecular flexibility index (Phi) is 8.88. The lowest BCUT2D eigenvalue weighted by atomic mass is 9.95. The standard InChI is InChI=1S/C26H31ClN2O2S/c1-28(18-16-22-10-5-3-6-11-22)19-17-24(23-12-9-13-25(27)20-23)21-29(2)32(30,31)26-14-7-4-8-15-26/h3-15,20,24H,16-19,21H2,1-2H3/t24-/m1/s1. The fraction of sp³-hybridized carbons (Fsp3) is 0.308. The molecule has 0 aliphatic rings. The van der Waals surface area contributed by atoms with Crippen molar-refractivity contribution in [2.45, 2.75) is 23.7 Å². The van der Waals surface area contributed by atoms with Crippen LogP contribution in [0, 0.1) is 0 Å². The lowest BCUT2D eigenvalue weighted by Gasteiger charge is -2.26. The molecule has 4 nitrogen and oxygen atoms in total. The maximum Gasteiger partial charge on any atom is 0.242 e. The monoisotopic (exact) mass is 470 g/mol. The van der Waals surface area contributed by atoms with Crippen LogP contribution < -0.4 is 0 Å². The topological polar surface area (TPSA) is 40.6 Å². The van der Waals surface area contributed by atoms with Crippen molar-refractivity contribution in [3.8, 4) is 0 Å². The maximum atomic E-state index is 13.1. The van der Waals surface area contributed by atoms with Crippen LogP contribution in [0.15, 0.2) is 89.8 Å². The number of halogens is 1. The summed E-state index contributed by atoms with van der Waals surface area (Å²) in [6.07, 6.45) is 1.82. The number of benzene rings is 3. The molecule has 0 N–H and O–H groups in total. The minimum absolute atomic E-state index is 0.0383. The highest BCUT2D eigenvalue weighted by Crippen LogP contribution is 2.26. The summed E-state index contributed by atoms with van der Waals surface area (Å²) < 4.78 is 27.6. The Morgan fingerprint density at radius 2 is 1.50 bits per heavy atom. The van der Waals surface area contributed by atoms with E-state index in [4.69, 9.17) is 11.6 Å². The molecule has 3 aromatic carbocycles. The fourth-order valence-corrected chi connectivity index (χ4v) is 5.19. The van der Waals surface area contributed by atoms with Gasteiger partial charge in [0.1, 0.15) is 0 Å². The van der Waals surface area contributed by atoms with Gasteiger partial charge in [-0.2, -0.15) is 0 Å². The summed E-state index contributed by atoms with van der Waals surface area (Å²) in [5.41, 5.74) is 2.38. The van der Waals surface area contributed by atoms with Crippen molar-refractivity contribution in [2.24, 2.45) is 0 Å². The van der Waals surface area contributed by atoms with E-state index >= 15 is 0 Å². The molecule has 0 aliphatic carbocycles. The summed E-state index contributed by atoms with van der Waals surface area (Å²) in [4.78, 5) is 2.61. The molecule has 0 radical (unpaired) electrons. The molecule has 3 aromatic rings. The third-order valence-electron chi connectivity index (χ3n) is 5.73. The number of nitrogens with zero attached hydrogens (tertiary/aromatic N) is 2. The van der Waals surface area contributed by atoms with Gasteiger partial charge in [0.2, 0.25) is 10.0 Å². The Bertz CT molecular complexity index is 1080. The first-order valence-corrected chi connectivity index (χ1v) is 12.7. The van der Waals surface area contributed by atoms with Crippen LogP contribution in [0.3, 0.4) is 0 Å². The van der Waals surface area contributed by atoms with Gasteiger partial charge in [0.05, 0.1) is 4.90 Å². The molecule has 1 atom stereocenters. The van der Waals surface area contributed by atoms with E-state index in [1.165, 1.54) is 9.87 Å². The highest BCUT2D eigenvalue weighted by atomic mass is 35.5. The van der Waals surface area contributed by atoms with Crippen LogP contribution in [0.4, 0.5) is 0 Å². The summed E-state index contributed by atoms with van der Waals surface area (Å²) in [6, 6.07) is 26.8. The van der Waals surface area contributed by atoms with Crippen molar-refractivity contribution in [3.05, 3.63) is 101 Å². The van der Waals surface area contributed by atoms with Crippen molar-refractivity contribution in [3.63, 3.8) is 0 Å². The zero-order chi connectivity index (χ0) is 23.0. The summed E-state index contributed by atoms with van der Waals surface area (Å²) in [6.45, 7) is 2.21. The molecule has 0 heterocycles. The Hall–Kier alpha value is -2.18. The van der Waals surface area contributed by atoms with E-state index in [0.29, 0.717) is 16.5 Å². The molecule has 170 valence electrons. The van der Waals surface area contributed by atoms with Gasteiger partial charge in [-0.05, 0) is 67.7 Å². The van der Waals surface area contributed by atoms with E-state index in [-0.39, 0.29) is 5.92 Å². The van der Waals surface area contributed by atoms with Crippen molar-refractivity contribution in [1.82, 2.24) is 9.21 Å². The van der Waals surface area contributed by atoms with Gasteiger partial charge in [0.25, 0.3) is 0 Å². The largest absolute Gasteiger partial charge is 0.306 e. The molecule has 0 fully saturated rings. The average Bonchev–Trinajstić information content (AvgIpc) is 2.81. The van der Waals surface area contributed by atoms with Gasteiger partial charge in [-0.1, -0.05) is 72.3 Å². The third-order valence-corrected chi connectivity index (χ3v) is 7.81. The molecular formula is C26H31ClN2O2S. The average molecular weight is 471 g/mol. The second-order valence-electron chi connectivity index (χ2n) is 8.18. The molecule has 6 heteroatoms. The first kappa shape index (κ1) is 24.5. The molecule has 0 saturated carbocycles. The lowest BCUT2D eigenvalue weighted by molar-refractivity contribution is 0.310. The molecule has 0 spiro atoms. The SMILES string of the molecule is CN(CCc1ccccc1)CC[C@H](CN(C)S(=O)(=O)c1ccccc1)c1cccc(Cl)c1. The van der Waals surface area contributed by atoms with E-state index in [1.807, 2.05) is 36.4 Å². The molecule has 3 rings (SSSR count). The van der Waals surface area contributed by atoms with Crippen molar-refractivity contribution in [1.29, 1.82) is 0 Å². The molecule has 0 amide bonds. The van der Waals surface area contributed by atoms with E-state index in [0.717, 1.165) is 31.5 Å². The van der Waals surface area contributed by atoms with Gasteiger partial charge in [0.15, 0.2) is 0 Å². The predicted molar refractivity (Wildman–Crippen MR) is 133 cm³/mol. The van der Waals surface area contributed by atoms with Crippen LogP contribution in [0.5, 0.6) is 0 Å². The van der Waals surface area contributed by atoms with Gasteiger partial charge in [-0.3, -0.25) is 0 Å². The summed E-state index contributed by atoms with van der Waals surface area (Å²) in [5.74, 6) is 0.0383. The predicted octanol–water partition coefficient (Wildman–Crippen LogP) is 5.31. The van der Waals surface area contributed by atoms with Crippen molar-refractivity contribution >= 4 is 21.6 Å². The quantitative estimate of drug-likeness (QED) is 0.381. The lowest BCUT2D eigenvalue weighted by Crippen LogP contribution is -2.33. The molecular weight excluding hydrogens is 440 g/mol. The van der Waals surface area contributed by atoms with Crippen LogP contribution >= 0.6 is 11.6 Å². The zero-order valence-corrected chi connectivity index (χ0v) is 20.3. The number of likely N-dealkylation sites (N-methyl/N-ethyl adjacent to an activating group) is 2. The first-order valence-electron chi connectivity index (χ1n) is 10.9. The zero-order valence-electron chi connectivity index (χ0n) is 18.7. The number of sulfonamides is 1. The van der Waals surface area contributed by atoms with Crippen LogP contribution in [0.1, 0.15) is 23.5 Å². The summed E-state index contributed by atoms with van der Waals surface area (Å²) in [7, 11) is 0.215. The highest BCUT2D eigenvalue weighted by molar-refractivity contribution is 7.89. The number of rotatable bonds is 11. The molecule has 0 aromatic heterocycles. The second kappa shape index (κ2) is 11.6. The van der Waals surface area contributed by atoms with E-state index < -0.39 is 10.0 Å². The smallest absolute Gasteiger partial charge is 0.242 e. The molecule has 0 aliphatic heterocycles.